The van der Waals surface area contributed by atoms with Gasteiger partial charge in [0.25, 0.3) is 0 Å². The first-order chi connectivity index (χ1) is 13.8. The maximum atomic E-state index is 12.5. The molecule has 0 saturated carbocycles. The van der Waals surface area contributed by atoms with Gasteiger partial charge in [-0.05, 0) is 58.8 Å². The number of carbonyl (C=O) groups is 1. The lowest BCUT2D eigenvalue weighted by atomic mass is 9.87. The van der Waals surface area contributed by atoms with Gasteiger partial charge >= 0.3 is 0 Å². The SMILES string of the molecule is COc1ccc(/C=C/C(=O)N2CCN(Sc3ccc(C(C)(C)C)cc3)CC2)cc1. The molecule has 0 spiro atoms. The van der Waals surface area contributed by atoms with Crippen LogP contribution in [0.4, 0.5) is 0 Å². The van der Waals surface area contributed by atoms with Crippen molar-refractivity contribution in [3.63, 3.8) is 0 Å². The summed E-state index contributed by atoms with van der Waals surface area (Å²) in [6.45, 7) is 9.93. The molecule has 0 unspecified atom stereocenters. The van der Waals surface area contributed by atoms with Gasteiger partial charge in [-0.25, -0.2) is 4.31 Å². The second-order valence-electron chi connectivity index (χ2n) is 8.23. The van der Waals surface area contributed by atoms with Crippen molar-refractivity contribution >= 4 is 23.9 Å². The van der Waals surface area contributed by atoms with E-state index < -0.39 is 0 Å². The van der Waals surface area contributed by atoms with Crippen molar-refractivity contribution in [2.75, 3.05) is 33.3 Å². The van der Waals surface area contributed by atoms with Crippen LogP contribution in [0.5, 0.6) is 5.75 Å². The predicted octanol–water partition coefficient (Wildman–Crippen LogP) is 4.86. The van der Waals surface area contributed by atoms with Crippen molar-refractivity contribution < 1.29 is 9.53 Å². The summed E-state index contributed by atoms with van der Waals surface area (Å²) in [5, 5.41) is 0. The fraction of sp³-hybridized carbons (Fsp3) is 0.375. The molecule has 3 rings (SSSR count). The molecule has 0 bridgehead atoms. The molecule has 154 valence electrons. The molecule has 4 nitrogen and oxygen atoms in total. The quantitative estimate of drug-likeness (QED) is 0.521. The van der Waals surface area contributed by atoms with Crippen LogP contribution in [-0.2, 0) is 10.2 Å². The summed E-state index contributed by atoms with van der Waals surface area (Å²) in [5.74, 6) is 0.884. The number of ether oxygens (including phenoxy) is 1. The molecule has 2 aromatic carbocycles. The summed E-state index contributed by atoms with van der Waals surface area (Å²) in [6, 6.07) is 16.5. The Morgan fingerprint density at radius 1 is 0.966 bits per heavy atom. The number of benzene rings is 2. The fourth-order valence-electron chi connectivity index (χ4n) is 3.15. The van der Waals surface area contributed by atoms with E-state index in [0.29, 0.717) is 0 Å². The van der Waals surface area contributed by atoms with E-state index in [1.807, 2.05) is 35.2 Å². The lowest BCUT2D eigenvalue weighted by Gasteiger charge is -2.33. The second kappa shape index (κ2) is 9.51. The van der Waals surface area contributed by atoms with E-state index in [0.717, 1.165) is 37.5 Å². The number of carbonyl (C=O) groups excluding carboxylic acids is 1. The molecule has 1 saturated heterocycles. The molecule has 0 aromatic heterocycles. The molecular weight excluding hydrogens is 380 g/mol. The van der Waals surface area contributed by atoms with Crippen LogP contribution in [0.3, 0.4) is 0 Å². The summed E-state index contributed by atoms with van der Waals surface area (Å²) in [6.07, 6.45) is 3.52. The summed E-state index contributed by atoms with van der Waals surface area (Å²) in [5.41, 5.74) is 2.52. The van der Waals surface area contributed by atoms with Crippen molar-refractivity contribution in [3.8, 4) is 5.75 Å². The van der Waals surface area contributed by atoms with Gasteiger partial charge in [-0.2, -0.15) is 0 Å². The van der Waals surface area contributed by atoms with Crippen LogP contribution < -0.4 is 4.74 Å². The first kappa shape index (κ1) is 21.5. The Morgan fingerprint density at radius 3 is 2.14 bits per heavy atom. The minimum atomic E-state index is 0.0694. The number of nitrogens with zero attached hydrogens (tertiary/aromatic N) is 2. The fourth-order valence-corrected chi connectivity index (χ4v) is 4.05. The van der Waals surface area contributed by atoms with Crippen LogP contribution in [0.25, 0.3) is 6.08 Å². The van der Waals surface area contributed by atoms with E-state index in [9.17, 15) is 4.79 Å². The number of piperazine rings is 1. The van der Waals surface area contributed by atoms with Gasteiger partial charge in [0, 0.05) is 37.2 Å². The Hall–Kier alpha value is -2.24. The van der Waals surface area contributed by atoms with Crippen molar-refractivity contribution in [2.45, 2.75) is 31.1 Å². The Labute approximate surface area is 178 Å². The molecular formula is C24H30N2O2S. The molecule has 1 aliphatic heterocycles. The van der Waals surface area contributed by atoms with Crippen LogP contribution in [0.2, 0.25) is 0 Å². The molecule has 0 N–H and O–H groups in total. The van der Waals surface area contributed by atoms with Crippen molar-refractivity contribution in [3.05, 3.63) is 65.7 Å². The molecule has 0 aliphatic carbocycles. The van der Waals surface area contributed by atoms with E-state index in [1.54, 1.807) is 25.1 Å². The van der Waals surface area contributed by atoms with Gasteiger partial charge in [-0.1, -0.05) is 45.0 Å². The van der Waals surface area contributed by atoms with Crippen LogP contribution in [0.1, 0.15) is 31.9 Å². The Balaban J connectivity index is 1.48. The highest BCUT2D eigenvalue weighted by molar-refractivity contribution is 7.97. The summed E-state index contributed by atoms with van der Waals surface area (Å²) >= 11 is 1.78. The lowest BCUT2D eigenvalue weighted by Crippen LogP contribution is -2.45. The van der Waals surface area contributed by atoms with Gasteiger partial charge in [0.05, 0.1) is 7.11 Å². The largest absolute Gasteiger partial charge is 0.497 e. The van der Waals surface area contributed by atoms with Gasteiger partial charge in [0.2, 0.25) is 5.91 Å². The minimum absolute atomic E-state index is 0.0694. The first-order valence-electron chi connectivity index (χ1n) is 10.00. The molecule has 1 heterocycles. The summed E-state index contributed by atoms with van der Waals surface area (Å²) in [7, 11) is 1.65. The predicted molar refractivity (Wildman–Crippen MR) is 121 cm³/mol. The van der Waals surface area contributed by atoms with Crippen molar-refractivity contribution in [1.82, 2.24) is 9.21 Å². The highest BCUT2D eigenvalue weighted by atomic mass is 32.2. The number of amides is 1. The zero-order valence-corrected chi connectivity index (χ0v) is 18.5. The van der Waals surface area contributed by atoms with Crippen LogP contribution in [-0.4, -0.2) is 48.4 Å². The maximum absolute atomic E-state index is 12.5. The normalized spacial score (nSPS) is 15.7. The minimum Gasteiger partial charge on any atom is -0.497 e. The highest BCUT2D eigenvalue weighted by Gasteiger charge is 2.20. The Bertz CT molecular complexity index is 831. The van der Waals surface area contributed by atoms with Crippen molar-refractivity contribution in [2.24, 2.45) is 0 Å². The highest BCUT2D eigenvalue weighted by Crippen LogP contribution is 2.28. The molecule has 29 heavy (non-hydrogen) atoms. The first-order valence-corrected chi connectivity index (χ1v) is 10.8. The van der Waals surface area contributed by atoms with Gasteiger partial charge < -0.3 is 9.64 Å². The van der Waals surface area contributed by atoms with Crippen LogP contribution in [0.15, 0.2) is 59.5 Å². The van der Waals surface area contributed by atoms with E-state index in [4.69, 9.17) is 4.74 Å². The third-order valence-electron chi connectivity index (χ3n) is 5.04. The Morgan fingerprint density at radius 2 is 1.59 bits per heavy atom. The lowest BCUT2D eigenvalue weighted by molar-refractivity contribution is -0.127. The van der Waals surface area contributed by atoms with Crippen LogP contribution in [0, 0.1) is 0 Å². The molecule has 1 fully saturated rings. The topological polar surface area (TPSA) is 32.8 Å². The van der Waals surface area contributed by atoms with Gasteiger partial charge in [-0.15, -0.1) is 0 Å². The standard InChI is InChI=1S/C24H30N2O2S/c1-24(2,3)20-8-12-22(13-9-20)29-26-17-15-25(16-18-26)23(27)14-7-19-5-10-21(28-4)11-6-19/h5-14H,15-18H2,1-4H3/b14-7+. The number of hydrogen-bond donors (Lipinski definition) is 0. The second-order valence-corrected chi connectivity index (χ2v) is 9.40. The van der Waals surface area contributed by atoms with Crippen molar-refractivity contribution in [1.29, 1.82) is 0 Å². The number of methoxy groups -OCH3 is 1. The monoisotopic (exact) mass is 410 g/mol. The third kappa shape index (κ3) is 6.12. The Kier molecular flexibility index (Phi) is 7.04. The molecule has 1 amide bonds. The average Bonchev–Trinajstić information content (AvgIpc) is 2.72. The van der Waals surface area contributed by atoms with E-state index in [-0.39, 0.29) is 11.3 Å². The summed E-state index contributed by atoms with van der Waals surface area (Å²) in [4.78, 5) is 15.6. The van der Waals surface area contributed by atoms with Gasteiger partial charge in [0.1, 0.15) is 5.75 Å². The summed E-state index contributed by atoms with van der Waals surface area (Å²) < 4.78 is 7.49. The van der Waals surface area contributed by atoms with E-state index in [1.165, 1.54) is 10.5 Å². The molecule has 5 heteroatoms. The van der Waals surface area contributed by atoms with E-state index >= 15 is 0 Å². The third-order valence-corrected chi connectivity index (χ3v) is 6.15. The molecule has 0 atom stereocenters. The smallest absolute Gasteiger partial charge is 0.246 e. The zero-order valence-electron chi connectivity index (χ0n) is 17.7. The van der Waals surface area contributed by atoms with Gasteiger partial charge in [0.15, 0.2) is 0 Å². The zero-order chi connectivity index (χ0) is 20.9. The maximum Gasteiger partial charge on any atom is 0.246 e. The molecule has 0 radical (unpaired) electrons. The van der Waals surface area contributed by atoms with Crippen LogP contribution >= 0.6 is 11.9 Å². The average molecular weight is 411 g/mol. The molecule has 1 aliphatic rings. The number of rotatable bonds is 5. The number of hydrogen-bond acceptors (Lipinski definition) is 4. The van der Waals surface area contributed by atoms with Gasteiger partial charge in [-0.3, -0.25) is 4.79 Å². The molecule has 2 aromatic rings. The van der Waals surface area contributed by atoms with E-state index in [2.05, 4.69) is 49.3 Å².